The summed E-state index contributed by atoms with van der Waals surface area (Å²) in [6.07, 6.45) is 4.94. The van der Waals surface area contributed by atoms with E-state index in [2.05, 4.69) is 11.9 Å². The number of nitrogens with zero attached hydrogens (tertiary/aromatic N) is 1. The number of aliphatic carboxylic acids is 1. The number of phenols is 1. The standard InChI is InChI=1S/C28H31ClN2O4/c1-17(23-15-21-22(31(23)2)11-12-24(32)26(21)29)30-28(13-14-35-16-28)20-9-7-19(8-10-20)25(27(33)34)18-5-3-4-6-18/h7-12,15,18,25,30,32H,1,3-6,13-14,16H2,2H3,(H,33,34). The first-order valence-electron chi connectivity index (χ1n) is 12.2. The van der Waals surface area contributed by atoms with Crippen molar-refractivity contribution in [2.75, 3.05) is 13.2 Å². The molecule has 1 saturated carbocycles. The van der Waals surface area contributed by atoms with Crippen molar-refractivity contribution in [2.45, 2.75) is 43.6 Å². The number of aromatic nitrogens is 1. The van der Waals surface area contributed by atoms with Gasteiger partial charge in [-0.3, -0.25) is 4.79 Å². The predicted octanol–water partition coefficient (Wildman–Crippen LogP) is 5.77. The lowest BCUT2D eigenvalue weighted by Gasteiger charge is -2.32. The smallest absolute Gasteiger partial charge is 0.311 e. The maximum absolute atomic E-state index is 12.1. The Kier molecular flexibility index (Phi) is 6.28. The van der Waals surface area contributed by atoms with Gasteiger partial charge in [0.2, 0.25) is 0 Å². The number of hydrogen-bond acceptors (Lipinski definition) is 4. The molecule has 0 spiro atoms. The van der Waals surface area contributed by atoms with Crippen LogP contribution in [0.25, 0.3) is 16.6 Å². The van der Waals surface area contributed by atoms with Crippen LogP contribution in [0.4, 0.5) is 0 Å². The van der Waals surface area contributed by atoms with Crippen LogP contribution in [0.3, 0.4) is 0 Å². The summed E-state index contributed by atoms with van der Waals surface area (Å²) >= 11 is 6.34. The van der Waals surface area contributed by atoms with Crippen LogP contribution in [0, 0.1) is 5.92 Å². The van der Waals surface area contributed by atoms with Gasteiger partial charge in [0.1, 0.15) is 5.75 Å². The number of aromatic hydroxyl groups is 1. The van der Waals surface area contributed by atoms with Crippen LogP contribution < -0.4 is 5.32 Å². The van der Waals surface area contributed by atoms with Gasteiger partial charge in [0, 0.05) is 25.5 Å². The van der Waals surface area contributed by atoms with Gasteiger partial charge in [0.25, 0.3) is 0 Å². The minimum absolute atomic E-state index is 0.0490. The highest BCUT2D eigenvalue weighted by Crippen LogP contribution is 2.40. The Balaban J connectivity index is 1.44. The number of halogens is 1. The molecule has 2 aliphatic rings. The molecule has 3 aromatic rings. The molecule has 2 aromatic carbocycles. The molecule has 0 radical (unpaired) electrons. The Morgan fingerprint density at radius 2 is 1.94 bits per heavy atom. The molecular weight excluding hydrogens is 464 g/mol. The zero-order chi connectivity index (χ0) is 24.7. The topological polar surface area (TPSA) is 83.7 Å². The Hall–Kier alpha value is -2.96. The Bertz CT molecular complexity index is 1270. The van der Waals surface area contributed by atoms with Crippen LogP contribution in [-0.4, -0.2) is 34.0 Å². The number of rotatable bonds is 7. The molecule has 0 bridgehead atoms. The van der Waals surface area contributed by atoms with Crippen molar-refractivity contribution in [3.05, 3.63) is 70.9 Å². The largest absolute Gasteiger partial charge is 0.506 e. The maximum Gasteiger partial charge on any atom is 0.311 e. The van der Waals surface area contributed by atoms with Crippen LogP contribution in [0.5, 0.6) is 5.75 Å². The maximum atomic E-state index is 12.1. The molecule has 2 heterocycles. The van der Waals surface area contributed by atoms with Crippen molar-refractivity contribution in [1.82, 2.24) is 9.88 Å². The molecule has 1 aromatic heterocycles. The molecular formula is C28H31ClN2O4. The first-order chi connectivity index (χ1) is 16.8. The van der Waals surface area contributed by atoms with Gasteiger partial charge in [0.15, 0.2) is 0 Å². The second kappa shape index (κ2) is 9.25. The lowest BCUT2D eigenvalue weighted by Crippen LogP contribution is -2.42. The van der Waals surface area contributed by atoms with Crippen LogP contribution in [0.2, 0.25) is 5.02 Å². The summed E-state index contributed by atoms with van der Waals surface area (Å²) in [6.45, 7) is 5.43. The lowest BCUT2D eigenvalue weighted by atomic mass is 9.82. The molecule has 1 aliphatic heterocycles. The number of nitrogens with one attached hydrogen (secondary N) is 1. The van der Waals surface area contributed by atoms with Gasteiger partial charge < -0.3 is 24.8 Å². The van der Waals surface area contributed by atoms with E-state index in [-0.39, 0.29) is 11.7 Å². The third-order valence-corrected chi connectivity index (χ3v) is 8.22. The van der Waals surface area contributed by atoms with Crippen molar-refractivity contribution >= 4 is 34.2 Å². The Morgan fingerprint density at radius 1 is 1.23 bits per heavy atom. The van der Waals surface area contributed by atoms with E-state index in [0.717, 1.165) is 65.5 Å². The number of phenolic OH excluding ortho intramolecular Hbond substituents is 1. The summed E-state index contributed by atoms with van der Waals surface area (Å²) in [6, 6.07) is 13.4. The summed E-state index contributed by atoms with van der Waals surface area (Å²) < 4.78 is 7.82. The molecule has 1 aliphatic carbocycles. The first-order valence-corrected chi connectivity index (χ1v) is 12.5. The molecule has 2 unspecified atom stereocenters. The van der Waals surface area contributed by atoms with E-state index in [1.54, 1.807) is 6.07 Å². The summed E-state index contributed by atoms with van der Waals surface area (Å²) in [7, 11) is 1.94. The van der Waals surface area contributed by atoms with Crippen molar-refractivity contribution in [3.8, 4) is 5.75 Å². The highest BCUT2D eigenvalue weighted by molar-refractivity contribution is 6.37. The fraction of sp³-hybridized carbons (Fsp3) is 0.393. The SMILES string of the molecule is C=C(NC1(c2ccc(C(C(=O)O)C3CCCC3)cc2)CCOC1)c1cc2c(Cl)c(O)ccc2n1C. The number of benzene rings is 2. The van der Waals surface area contributed by atoms with E-state index in [1.165, 1.54) is 0 Å². The summed E-state index contributed by atoms with van der Waals surface area (Å²) in [5.74, 6) is -0.941. The second-order valence-corrected chi connectivity index (χ2v) is 10.3. The highest BCUT2D eigenvalue weighted by Gasteiger charge is 2.38. The minimum atomic E-state index is -0.740. The van der Waals surface area contributed by atoms with Gasteiger partial charge in [0.05, 0.1) is 40.0 Å². The molecule has 5 rings (SSSR count). The van der Waals surface area contributed by atoms with Crippen molar-refractivity contribution in [3.63, 3.8) is 0 Å². The molecule has 35 heavy (non-hydrogen) atoms. The number of fused-ring (bicyclic) bond motifs is 1. The molecule has 7 heteroatoms. The van der Waals surface area contributed by atoms with Gasteiger partial charge in [-0.15, -0.1) is 0 Å². The number of carboxylic acid groups (broad SMARTS) is 1. The van der Waals surface area contributed by atoms with E-state index in [1.807, 2.05) is 48.0 Å². The third-order valence-electron chi connectivity index (χ3n) is 7.82. The second-order valence-electron chi connectivity index (χ2n) is 9.89. The monoisotopic (exact) mass is 494 g/mol. The van der Waals surface area contributed by atoms with Crippen LogP contribution in [0.1, 0.15) is 54.8 Å². The van der Waals surface area contributed by atoms with E-state index < -0.39 is 17.4 Å². The fourth-order valence-corrected chi connectivity index (χ4v) is 6.10. The molecule has 3 N–H and O–H groups in total. The zero-order valence-electron chi connectivity index (χ0n) is 19.9. The molecule has 2 atom stereocenters. The minimum Gasteiger partial charge on any atom is -0.506 e. The van der Waals surface area contributed by atoms with E-state index in [9.17, 15) is 15.0 Å². The number of ether oxygens (including phenoxy) is 1. The van der Waals surface area contributed by atoms with E-state index >= 15 is 0 Å². The van der Waals surface area contributed by atoms with Gasteiger partial charge in [-0.05, 0) is 48.1 Å². The van der Waals surface area contributed by atoms with Gasteiger partial charge in [-0.2, -0.15) is 0 Å². The first kappa shape index (κ1) is 23.8. The quantitative estimate of drug-likeness (QED) is 0.388. The average molecular weight is 495 g/mol. The van der Waals surface area contributed by atoms with Crippen molar-refractivity contribution in [1.29, 1.82) is 0 Å². The lowest BCUT2D eigenvalue weighted by molar-refractivity contribution is -0.140. The van der Waals surface area contributed by atoms with E-state index in [4.69, 9.17) is 16.3 Å². The Labute approximate surface area is 210 Å². The normalized spacial score (nSPS) is 21.4. The summed E-state index contributed by atoms with van der Waals surface area (Å²) in [5.41, 5.74) is 3.93. The third kappa shape index (κ3) is 4.19. The predicted molar refractivity (Wildman–Crippen MR) is 138 cm³/mol. The van der Waals surface area contributed by atoms with Gasteiger partial charge in [-0.25, -0.2) is 0 Å². The highest BCUT2D eigenvalue weighted by atomic mass is 35.5. The van der Waals surface area contributed by atoms with Crippen molar-refractivity contribution in [2.24, 2.45) is 13.0 Å². The van der Waals surface area contributed by atoms with Gasteiger partial charge >= 0.3 is 5.97 Å². The number of carbonyl (C=O) groups is 1. The molecule has 6 nitrogen and oxygen atoms in total. The Morgan fingerprint density at radius 3 is 2.57 bits per heavy atom. The van der Waals surface area contributed by atoms with Crippen LogP contribution >= 0.6 is 11.6 Å². The van der Waals surface area contributed by atoms with Crippen molar-refractivity contribution < 1.29 is 19.7 Å². The zero-order valence-corrected chi connectivity index (χ0v) is 20.6. The molecule has 1 saturated heterocycles. The number of carboxylic acids is 1. The molecule has 2 fully saturated rings. The van der Waals surface area contributed by atoms with Gasteiger partial charge in [-0.1, -0.05) is 55.3 Å². The number of hydrogen-bond donors (Lipinski definition) is 3. The van der Waals surface area contributed by atoms with Crippen LogP contribution in [-0.2, 0) is 22.1 Å². The summed E-state index contributed by atoms with van der Waals surface area (Å²) in [5, 5.41) is 24.6. The summed E-state index contributed by atoms with van der Waals surface area (Å²) in [4.78, 5) is 12.1. The molecule has 184 valence electrons. The van der Waals surface area contributed by atoms with Crippen LogP contribution in [0.15, 0.2) is 49.0 Å². The average Bonchev–Trinajstić information content (AvgIpc) is 3.59. The fourth-order valence-electron chi connectivity index (χ4n) is 5.89. The van der Waals surface area contributed by atoms with E-state index in [0.29, 0.717) is 18.2 Å². The molecule has 0 amide bonds. The number of aryl methyl sites for hydroxylation is 1.